The summed E-state index contributed by atoms with van der Waals surface area (Å²) in [5.74, 6) is -0.980. The van der Waals surface area contributed by atoms with Gasteiger partial charge in [-0.3, -0.25) is 4.79 Å². The number of esters is 1. The number of nitrogens with zero attached hydrogens (tertiary/aromatic N) is 1. The zero-order valence-corrected chi connectivity index (χ0v) is 20.5. The molecule has 0 saturated carbocycles. The Morgan fingerprint density at radius 3 is 1.89 bits per heavy atom. The SMILES string of the molecule is C=C(C)C(=O)OCCCCCCCCCCCC(=O)N(C)CCS(=O)(=O)[O-].[Na+]. The van der Waals surface area contributed by atoms with Crippen molar-refractivity contribution in [3.8, 4) is 0 Å². The van der Waals surface area contributed by atoms with E-state index in [9.17, 15) is 22.6 Å². The average molecular weight is 428 g/mol. The van der Waals surface area contributed by atoms with Crippen LogP contribution in [0.3, 0.4) is 0 Å². The van der Waals surface area contributed by atoms with Gasteiger partial charge in [0.05, 0.1) is 22.5 Å². The van der Waals surface area contributed by atoms with Gasteiger partial charge < -0.3 is 14.2 Å². The first-order chi connectivity index (χ1) is 12.6. The minimum Gasteiger partial charge on any atom is -0.748 e. The number of hydrogen-bond donors (Lipinski definition) is 0. The third-order valence-electron chi connectivity index (χ3n) is 4.22. The molecular weight excluding hydrogens is 393 g/mol. The van der Waals surface area contributed by atoms with Crippen LogP contribution in [0.25, 0.3) is 0 Å². The van der Waals surface area contributed by atoms with Gasteiger partial charge in [0.1, 0.15) is 0 Å². The molecule has 0 aromatic rings. The van der Waals surface area contributed by atoms with Crippen molar-refractivity contribution in [2.24, 2.45) is 0 Å². The fourth-order valence-electron chi connectivity index (χ4n) is 2.47. The maximum Gasteiger partial charge on any atom is 1.00 e. The summed E-state index contributed by atoms with van der Waals surface area (Å²) >= 11 is 0. The van der Waals surface area contributed by atoms with Crippen molar-refractivity contribution in [1.29, 1.82) is 0 Å². The summed E-state index contributed by atoms with van der Waals surface area (Å²) in [6, 6.07) is 0. The van der Waals surface area contributed by atoms with Gasteiger partial charge in [-0.1, -0.05) is 51.5 Å². The number of ether oxygens (including phenoxy) is 1. The van der Waals surface area contributed by atoms with Crippen LogP contribution in [0, 0.1) is 0 Å². The van der Waals surface area contributed by atoms with E-state index in [0.717, 1.165) is 57.8 Å². The zero-order chi connectivity index (χ0) is 20.7. The van der Waals surface area contributed by atoms with Gasteiger partial charge in [0, 0.05) is 25.6 Å². The molecule has 0 aliphatic heterocycles. The van der Waals surface area contributed by atoms with Crippen molar-refractivity contribution < 1.29 is 56.9 Å². The Morgan fingerprint density at radius 1 is 0.964 bits per heavy atom. The Morgan fingerprint density at radius 2 is 1.43 bits per heavy atom. The molecule has 0 N–H and O–H groups in total. The van der Waals surface area contributed by atoms with Gasteiger partial charge in [-0.05, 0) is 19.8 Å². The molecule has 0 aliphatic rings. The summed E-state index contributed by atoms with van der Waals surface area (Å²) in [7, 11) is -2.75. The molecule has 0 aromatic heterocycles. The first-order valence-electron chi connectivity index (χ1n) is 9.63. The molecule has 0 saturated heterocycles. The van der Waals surface area contributed by atoms with Crippen molar-refractivity contribution in [1.82, 2.24) is 4.90 Å². The predicted molar refractivity (Wildman–Crippen MR) is 104 cm³/mol. The van der Waals surface area contributed by atoms with Crippen LogP contribution in [-0.2, 0) is 24.4 Å². The van der Waals surface area contributed by atoms with Crippen LogP contribution < -0.4 is 29.6 Å². The summed E-state index contributed by atoms with van der Waals surface area (Å²) in [5, 5.41) is 0. The van der Waals surface area contributed by atoms with E-state index < -0.39 is 15.9 Å². The number of hydrogen-bond acceptors (Lipinski definition) is 6. The summed E-state index contributed by atoms with van der Waals surface area (Å²) in [6.45, 7) is 5.58. The molecule has 0 atom stereocenters. The number of carbonyl (C=O) groups excluding carboxylic acids is 2. The second kappa shape index (κ2) is 17.4. The van der Waals surface area contributed by atoms with E-state index >= 15 is 0 Å². The van der Waals surface area contributed by atoms with E-state index in [1.807, 2.05) is 0 Å². The molecule has 0 fully saturated rings. The Hall–Kier alpha value is -0.410. The van der Waals surface area contributed by atoms with Gasteiger partial charge in [0.2, 0.25) is 5.91 Å². The van der Waals surface area contributed by atoms with Crippen molar-refractivity contribution >= 4 is 22.0 Å². The molecule has 0 unspecified atom stereocenters. The predicted octanol–water partition coefficient (Wildman–Crippen LogP) is 0.0143. The fraction of sp³-hybridized carbons (Fsp3) is 0.789. The number of rotatable bonds is 16. The molecular formula is C19H34NNaO6S. The van der Waals surface area contributed by atoms with Crippen LogP contribution in [0.15, 0.2) is 12.2 Å². The number of carbonyl (C=O) groups is 2. The van der Waals surface area contributed by atoms with E-state index in [2.05, 4.69) is 6.58 Å². The van der Waals surface area contributed by atoms with Crippen LogP contribution in [0.2, 0.25) is 0 Å². The number of unbranched alkanes of at least 4 members (excludes halogenated alkanes) is 8. The molecule has 0 bridgehead atoms. The van der Waals surface area contributed by atoms with E-state index in [1.54, 1.807) is 6.92 Å². The smallest absolute Gasteiger partial charge is 0.748 e. The quantitative estimate of drug-likeness (QED) is 0.113. The molecule has 0 rings (SSSR count). The monoisotopic (exact) mass is 427 g/mol. The first-order valence-corrected chi connectivity index (χ1v) is 11.2. The normalized spacial score (nSPS) is 10.8. The van der Waals surface area contributed by atoms with Crippen LogP contribution >= 0.6 is 0 Å². The molecule has 1 amide bonds. The molecule has 0 aliphatic carbocycles. The van der Waals surface area contributed by atoms with E-state index in [1.165, 1.54) is 11.9 Å². The summed E-state index contributed by atoms with van der Waals surface area (Å²) in [5.41, 5.74) is 0.429. The Bertz CT molecular complexity index is 565. The van der Waals surface area contributed by atoms with Gasteiger partial charge in [0.25, 0.3) is 0 Å². The van der Waals surface area contributed by atoms with E-state index in [0.29, 0.717) is 18.6 Å². The van der Waals surface area contributed by atoms with Gasteiger partial charge >= 0.3 is 35.5 Å². The van der Waals surface area contributed by atoms with Gasteiger partial charge in [-0.2, -0.15) is 0 Å². The topological polar surface area (TPSA) is 104 Å². The molecule has 0 heterocycles. The van der Waals surface area contributed by atoms with Gasteiger partial charge in [-0.25, -0.2) is 13.2 Å². The zero-order valence-electron chi connectivity index (χ0n) is 17.7. The summed E-state index contributed by atoms with van der Waals surface area (Å²) < 4.78 is 36.7. The minimum absolute atomic E-state index is 0. The molecule has 0 spiro atoms. The minimum atomic E-state index is -4.28. The molecule has 28 heavy (non-hydrogen) atoms. The van der Waals surface area contributed by atoms with E-state index in [4.69, 9.17) is 4.74 Å². The number of amides is 1. The van der Waals surface area contributed by atoms with Crippen molar-refractivity contribution in [3.63, 3.8) is 0 Å². The fourth-order valence-corrected chi connectivity index (χ4v) is 2.97. The van der Waals surface area contributed by atoms with Gasteiger partial charge in [0.15, 0.2) is 0 Å². The molecule has 158 valence electrons. The molecule has 0 radical (unpaired) electrons. The van der Waals surface area contributed by atoms with Crippen LogP contribution in [-0.4, -0.2) is 55.7 Å². The first kappa shape index (κ1) is 29.8. The van der Waals surface area contributed by atoms with Crippen LogP contribution in [0.5, 0.6) is 0 Å². The van der Waals surface area contributed by atoms with Crippen LogP contribution in [0.1, 0.15) is 71.1 Å². The molecule has 7 nitrogen and oxygen atoms in total. The van der Waals surface area contributed by atoms with E-state index in [-0.39, 0.29) is 48.0 Å². The molecule has 0 aromatic carbocycles. The second-order valence-corrected chi connectivity index (χ2v) is 8.45. The van der Waals surface area contributed by atoms with Crippen molar-refractivity contribution in [2.45, 2.75) is 71.1 Å². The Balaban J connectivity index is 0. The Kier molecular flexibility index (Phi) is 18.6. The maximum absolute atomic E-state index is 11.8. The summed E-state index contributed by atoms with van der Waals surface area (Å²) in [6.07, 6.45) is 9.68. The van der Waals surface area contributed by atoms with Crippen LogP contribution in [0.4, 0.5) is 0 Å². The largest absolute Gasteiger partial charge is 1.00 e. The summed E-state index contributed by atoms with van der Waals surface area (Å²) in [4.78, 5) is 24.3. The maximum atomic E-state index is 11.8. The van der Waals surface area contributed by atoms with Gasteiger partial charge in [-0.15, -0.1) is 0 Å². The molecule has 9 heteroatoms. The second-order valence-electron chi connectivity index (χ2n) is 6.93. The van der Waals surface area contributed by atoms with Crippen molar-refractivity contribution in [2.75, 3.05) is 26.0 Å². The average Bonchev–Trinajstić information content (AvgIpc) is 2.59. The third kappa shape index (κ3) is 18.9. The Labute approximate surface area is 192 Å². The van der Waals surface area contributed by atoms with Crippen molar-refractivity contribution in [3.05, 3.63) is 12.2 Å². The third-order valence-corrected chi connectivity index (χ3v) is 4.90. The standard InChI is InChI=1S/C19H35NO6S.Na/c1-17(2)19(22)26-15-12-10-8-6-4-5-7-9-11-13-18(21)20(3)14-16-27(23,24)25;/h1,4-16H2,2-3H3,(H,23,24,25);/q;+1/p-1.